The van der Waals surface area contributed by atoms with Gasteiger partial charge in [-0.1, -0.05) is 87.3 Å². The summed E-state index contributed by atoms with van der Waals surface area (Å²) < 4.78 is 115. The van der Waals surface area contributed by atoms with E-state index in [1.807, 2.05) is 0 Å². The van der Waals surface area contributed by atoms with Gasteiger partial charge in [-0.2, -0.15) is 10.1 Å². The number of amides is 4. The molecule has 0 spiro atoms. The number of methoxy groups -OCH3 is 2. The first kappa shape index (κ1) is 70.7. The Morgan fingerprint density at radius 3 is 1.68 bits per heavy atom. The average Bonchev–Trinajstić information content (AvgIpc) is 3.25. The number of hydrogen-bond acceptors (Lipinski definition) is 16. The van der Waals surface area contributed by atoms with Crippen molar-refractivity contribution in [1.82, 2.24) is 20.7 Å². The fourth-order valence-electron chi connectivity index (χ4n) is 9.34. The lowest BCUT2D eigenvalue weighted by molar-refractivity contribution is -0.124. The number of hydrogen-bond donors (Lipinski definition) is 8. The first-order chi connectivity index (χ1) is 39.9. The number of sulfone groups is 1. The SMILES string of the molecule is CN[C@@H]1CCCC[C@H]1NC.COc1ccc(Cc2c(Cl)cc(Br)cc2Cl)cc1S(=O)(=O)CC1CC(O)C1.COc1ccc(Cc2c(Cl)cc(N3N=C(C(F)F)C(=O)CC3=O)cc2Cl)cc1S(=O)(=O)NC1CC(O)C1.N=C(C(=O)NC(N)=O)C(F)F. The zero-order valence-corrected chi connectivity index (χ0v) is 52.3. The van der Waals surface area contributed by atoms with Gasteiger partial charge in [-0.05, 0) is 129 Å². The van der Waals surface area contributed by atoms with Gasteiger partial charge in [0.1, 0.15) is 21.3 Å². The number of aliphatic hydroxyl groups excluding tert-OH is 2. The van der Waals surface area contributed by atoms with Crippen molar-refractivity contribution in [3.8, 4) is 11.5 Å². The van der Waals surface area contributed by atoms with Crippen molar-refractivity contribution in [3.05, 3.63) is 107 Å². The van der Waals surface area contributed by atoms with Crippen LogP contribution >= 0.6 is 62.3 Å². The molecule has 2 atom stereocenters. The normalized spacial score (nSPS) is 20.2. The topological polar surface area (TPSA) is 309 Å². The van der Waals surface area contributed by atoms with Crippen LogP contribution in [0.4, 0.5) is 28.0 Å². The summed E-state index contributed by atoms with van der Waals surface area (Å²) in [5.41, 5.74) is 4.31. The van der Waals surface area contributed by atoms with Crippen molar-refractivity contribution in [2.75, 3.05) is 39.1 Å². The molecule has 20 nitrogen and oxygen atoms in total. The largest absolute Gasteiger partial charge is 0.495 e. The van der Waals surface area contributed by atoms with Crippen LogP contribution in [0, 0.1) is 11.3 Å². The molecule has 3 fully saturated rings. The zero-order chi connectivity index (χ0) is 63.2. The number of ketones is 1. The van der Waals surface area contributed by atoms with Crippen LogP contribution in [0.25, 0.3) is 0 Å². The van der Waals surface area contributed by atoms with Crippen LogP contribution in [0.3, 0.4) is 0 Å². The molecule has 4 aliphatic rings. The van der Waals surface area contributed by atoms with Crippen molar-refractivity contribution >= 4 is 123 Å². The summed E-state index contributed by atoms with van der Waals surface area (Å²) in [4.78, 5) is 44.2. The molecule has 8 rings (SSSR count). The maximum absolute atomic E-state index is 13.1. The minimum Gasteiger partial charge on any atom is -0.495 e. The Morgan fingerprint density at radius 2 is 1.25 bits per heavy atom. The van der Waals surface area contributed by atoms with Gasteiger partial charge in [0.05, 0.1) is 44.3 Å². The molecule has 9 N–H and O–H groups in total. The van der Waals surface area contributed by atoms with Gasteiger partial charge >= 0.3 is 6.03 Å². The van der Waals surface area contributed by atoms with Crippen LogP contribution in [-0.2, 0) is 47.1 Å². The van der Waals surface area contributed by atoms with Crippen molar-refractivity contribution < 1.29 is 73.3 Å². The molecule has 4 aromatic carbocycles. The van der Waals surface area contributed by atoms with Crippen molar-refractivity contribution in [2.24, 2.45) is 16.8 Å². The molecule has 0 bridgehead atoms. The second kappa shape index (κ2) is 31.7. The second-order valence-electron chi connectivity index (χ2n) is 20.0. The molecule has 3 saturated carbocycles. The molecule has 1 heterocycles. The highest BCUT2D eigenvalue weighted by Crippen LogP contribution is 2.38. The van der Waals surface area contributed by atoms with E-state index in [2.05, 4.69) is 56.2 Å². The van der Waals surface area contributed by atoms with E-state index in [4.69, 9.17) is 61.3 Å². The monoisotopic (exact) mass is 1370 g/mol. The molecule has 31 heteroatoms. The smallest absolute Gasteiger partial charge is 0.319 e. The number of Topliss-reactive ketones (excluding diaryl/α,β-unsaturated/α-hetero) is 1. The lowest BCUT2D eigenvalue weighted by atomic mass is 9.84. The Balaban J connectivity index is 0.000000238. The highest BCUT2D eigenvalue weighted by molar-refractivity contribution is 9.10. The third-order valence-electron chi connectivity index (χ3n) is 13.9. The molecule has 4 aromatic rings. The van der Waals surface area contributed by atoms with Crippen LogP contribution < -0.4 is 40.9 Å². The Kier molecular flexibility index (Phi) is 26.4. The number of hydrazone groups is 1. The van der Waals surface area contributed by atoms with E-state index in [0.717, 1.165) is 15.6 Å². The molecule has 466 valence electrons. The number of primary amides is 1. The number of likely N-dealkylation sites (N-methyl/N-ethyl adjacent to an activating group) is 2. The fraction of sp³-hybridized carbons (Fsp3) is 0.444. The predicted molar refractivity (Wildman–Crippen MR) is 319 cm³/mol. The van der Waals surface area contributed by atoms with E-state index in [0.29, 0.717) is 76.1 Å². The molecule has 3 aliphatic carbocycles. The fourth-order valence-corrected chi connectivity index (χ4v) is 14.6. The van der Waals surface area contributed by atoms with E-state index in [1.54, 1.807) is 36.4 Å². The lowest BCUT2D eigenvalue weighted by Crippen LogP contribution is -2.47. The lowest BCUT2D eigenvalue weighted by Gasteiger charge is -2.31. The number of alkyl halides is 4. The van der Waals surface area contributed by atoms with Gasteiger partial charge in [0, 0.05) is 55.5 Å². The molecule has 0 radical (unpaired) electrons. The summed E-state index contributed by atoms with van der Waals surface area (Å²) in [5, 5.41) is 38.6. The van der Waals surface area contributed by atoms with E-state index in [9.17, 15) is 63.8 Å². The number of aliphatic hydroxyl groups is 2. The third kappa shape index (κ3) is 19.7. The number of sulfonamides is 1. The van der Waals surface area contributed by atoms with Gasteiger partial charge in [0.25, 0.3) is 24.7 Å². The summed E-state index contributed by atoms with van der Waals surface area (Å²) in [7, 11) is -0.605. The molecule has 1 aliphatic heterocycles. The predicted octanol–water partition coefficient (Wildman–Crippen LogP) is 8.42. The zero-order valence-electron chi connectivity index (χ0n) is 46.0. The minimum atomic E-state index is -3.97. The van der Waals surface area contributed by atoms with Gasteiger partial charge in [-0.3, -0.25) is 25.1 Å². The van der Waals surface area contributed by atoms with Crippen LogP contribution in [0.2, 0.25) is 20.1 Å². The molecule has 0 unspecified atom stereocenters. The Morgan fingerprint density at radius 1 is 0.776 bits per heavy atom. The van der Waals surface area contributed by atoms with Crippen LogP contribution in [0.1, 0.15) is 80.0 Å². The second-order valence-corrected chi connectivity index (χ2v) is 26.2. The number of imide groups is 1. The number of nitrogens with zero attached hydrogens (tertiary/aromatic N) is 2. The average molecular weight is 1380 g/mol. The number of urea groups is 1. The first-order valence-corrected chi connectivity index (χ1v) is 31.5. The number of nitrogens with two attached hydrogens (primary N) is 1. The standard InChI is InChI=1S/C23H21Cl2F2N3O6S.C19H19BrCl2O4S.C8H18N2.C4H5F2N3O2/c1-36-19-3-2-11(5-20(19)37(34,35)29-12-6-14(31)7-12)4-15-16(24)8-13(9-17(15)25)30-21(33)10-18(32)22(28-30)23(26)27;1-26-18-3-2-11(6-15-16(21)8-13(20)9-17(15)22)7-19(18)27(24,25)10-12-4-14(23)5-12;1-9-7-5-3-4-6-8(7)10-2;5-2(6)1(7)3(10)9-4(8)11/h2-3,5,8-9,12,14,23,29,31H,4,6-7,10H2,1H3;2-3,7-9,12,14,23H,4-6,10H2,1H3;7-10H,3-6H2,1-2H3;2,7H,(H3,8,9,10,11)/t;;7-,8-;/m..1./s1. The highest BCUT2D eigenvalue weighted by atomic mass is 79.9. The molecule has 0 aromatic heterocycles. The number of rotatable bonds is 18. The van der Waals surface area contributed by atoms with Crippen LogP contribution in [0.15, 0.2) is 80.0 Å². The van der Waals surface area contributed by atoms with Crippen molar-refractivity contribution in [3.63, 3.8) is 0 Å². The first-order valence-electron chi connectivity index (χ1n) is 26.0. The van der Waals surface area contributed by atoms with E-state index >= 15 is 0 Å². The molecule has 85 heavy (non-hydrogen) atoms. The number of benzene rings is 4. The number of anilines is 1. The van der Waals surface area contributed by atoms with Gasteiger partial charge < -0.3 is 36.1 Å². The van der Waals surface area contributed by atoms with Crippen molar-refractivity contribution in [2.45, 2.75) is 124 Å². The number of nitrogens with one attached hydrogen (secondary N) is 5. The number of ether oxygens (including phenoxy) is 2. The van der Waals surface area contributed by atoms with Gasteiger partial charge in [-0.25, -0.2) is 43.9 Å². The number of carbonyl (C=O) groups excluding carboxylic acids is 4. The maximum atomic E-state index is 13.1. The quantitative estimate of drug-likeness (QED) is 0.0263. The summed E-state index contributed by atoms with van der Waals surface area (Å²) in [5.74, 6) is -2.93. The Bertz CT molecular complexity index is 3310. The molecule has 4 amide bonds. The van der Waals surface area contributed by atoms with Gasteiger partial charge in [0.2, 0.25) is 10.0 Å². The van der Waals surface area contributed by atoms with E-state index in [1.165, 1.54) is 69.5 Å². The van der Waals surface area contributed by atoms with Gasteiger partial charge in [0.15, 0.2) is 27.0 Å². The van der Waals surface area contributed by atoms with E-state index < -0.39 is 80.3 Å². The van der Waals surface area contributed by atoms with E-state index in [-0.39, 0.29) is 61.5 Å². The van der Waals surface area contributed by atoms with Crippen LogP contribution in [-0.4, -0.2) is 139 Å². The molecular weight excluding hydrogens is 1310 g/mol. The number of halogens is 9. The summed E-state index contributed by atoms with van der Waals surface area (Å²) in [6, 6.07) is 15.5. The maximum Gasteiger partial charge on any atom is 0.319 e. The highest BCUT2D eigenvalue weighted by Gasteiger charge is 2.36. The van der Waals surface area contributed by atoms with Crippen molar-refractivity contribution in [1.29, 1.82) is 5.41 Å². The summed E-state index contributed by atoms with van der Waals surface area (Å²) in [6.45, 7) is 0. The number of carbonyl (C=O) groups is 4. The Hall–Kier alpha value is -5.04. The van der Waals surface area contributed by atoms with Gasteiger partial charge in [-0.15, -0.1) is 0 Å². The van der Waals surface area contributed by atoms with Crippen LogP contribution in [0.5, 0.6) is 11.5 Å². The summed E-state index contributed by atoms with van der Waals surface area (Å²) in [6.07, 6.45) is -0.436. The summed E-state index contributed by atoms with van der Waals surface area (Å²) >= 11 is 28.8. The minimum absolute atomic E-state index is 0.000663. The third-order valence-corrected chi connectivity index (χ3v) is 19.1. The Labute approximate surface area is 517 Å². The molecular formula is C54H63BrCl4F4N8O12S2. The molecule has 0 saturated heterocycles.